The molecule has 19 heavy (non-hydrogen) atoms. The summed E-state index contributed by atoms with van der Waals surface area (Å²) in [5, 5.41) is 9.40. The van der Waals surface area contributed by atoms with Crippen LogP contribution in [0.3, 0.4) is 0 Å². The molecule has 0 bridgehead atoms. The van der Waals surface area contributed by atoms with Gasteiger partial charge in [0, 0.05) is 0 Å². The number of benzene rings is 1. The zero-order valence-electron chi connectivity index (χ0n) is 12.6. The van der Waals surface area contributed by atoms with E-state index in [0.29, 0.717) is 5.56 Å². The van der Waals surface area contributed by atoms with E-state index in [-0.39, 0.29) is 10.8 Å². The second-order valence-electron chi connectivity index (χ2n) is 6.98. The minimum Gasteiger partial charge on any atom is -0.478 e. The van der Waals surface area contributed by atoms with Crippen LogP contribution in [0, 0.1) is 0 Å². The van der Waals surface area contributed by atoms with Crippen molar-refractivity contribution in [2.24, 2.45) is 0 Å². The van der Waals surface area contributed by atoms with Crippen molar-refractivity contribution >= 4 is 5.97 Å². The second kappa shape index (κ2) is 4.36. The van der Waals surface area contributed by atoms with E-state index in [9.17, 15) is 9.90 Å². The first-order valence-corrected chi connectivity index (χ1v) is 7.10. The van der Waals surface area contributed by atoms with E-state index in [1.165, 1.54) is 11.1 Å². The van der Waals surface area contributed by atoms with E-state index in [4.69, 9.17) is 0 Å². The third-order valence-electron chi connectivity index (χ3n) is 4.69. The van der Waals surface area contributed by atoms with Crippen molar-refractivity contribution < 1.29 is 9.90 Å². The van der Waals surface area contributed by atoms with Gasteiger partial charge in [-0.2, -0.15) is 0 Å². The van der Waals surface area contributed by atoms with Crippen molar-refractivity contribution in [2.75, 3.05) is 0 Å². The van der Waals surface area contributed by atoms with Crippen molar-refractivity contribution in [1.82, 2.24) is 0 Å². The number of aryl methyl sites for hydroxylation is 1. The average Bonchev–Trinajstić information content (AvgIpc) is 2.33. The molecule has 0 aliphatic heterocycles. The molecule has 2 nitrogen and oxygen atoms in total. The molecule has 1 aliphatic rings. The molecule has 2 rings (SSSR count). The molecule has 104 valence electrons. The first-order chi connectivity index (χ1) is 8.69. The molecule has 0 heterocycles. The summed E-state index contributed by atoms with van der Waals surface area (Å²) in [5.74, 6) is -0.807. The molecule has 0 unspecified atom stereocenters. The smallest absolute Gasteiger partial charge is 0.335 e. The van der Waals surface area contributed by atoms with Gasteiger partial charge in [0.05, 0.1) is 5.56 Å². The molecule has 0 fully saturated rings. The highest BCUT2D eigenvalue weighted by Crippen LogP contribution is 2.46. The van der Waals surface area contributed by atoms with Gasteiger partial charge in [-0.25, -0.2) is 4.79 Å². The molecule has 0 radical (unpaired) electrons. The van der Waals surface area contributed by atoms with Crippen LogP contribution in [0.5, 0.6) is 0 Å². The Bertz CT molecular complexity index is 524. The molecule has 1 aliphatic carbocycles. The monoisotopic (exact) mass is 260 g/mol. The van der Waals surface area contributed by atoms with Crippen LogP contribution in [-0.2, 0) is 17.3 Å². The van der Waals surface area contributed by atoms with Gasteiger partial charge in [0.15, 0.2) is 0 Å². The number of carboxylic acids is 1. The zero-order valence-corrected chi connectivity index (χ0v) is 12.6. The number of aromatic carboxylic acids is 1. The van der Waals surface area contributed by atoms with Gasteiger partial charge in [-0.3, -0.25) is 0 Å². The highest BCUT2D eigenvalue weighted by molar-refractivity contribution is 5.90. The summed E-state index contributed by atoms with van der Waals surface area (Å²) in [7, 11) is 0. The van der Waals surface area contributed by atoms with E-state index in [1.807, 2.05) is 13.0 Å². The second-order valence-corrected chi connectivity index (χ2v) is 6.98. The largest absolute Gasteiger partial charge is 0.478 e. The average molecular weight is 260 g/mol. The van der Waals surface area contributed by atoms with Crippen LogP contribution >= 0.6 is 0 Å². The number of fused-ring (bicyclic) bond motifs is 1. The summed E-state index contributed by atoms with van der Waals surface area (Å²) >= 11 is 0. The lowest BCUT2D eigenvalue weighted by molar-refractivity contribution is 0.0695. The van der Waals surface area contributed by atoms with Gasteiger partial charge in [0.25, 0.3) is 0 Å². The molecule has 0 spiro atoms. The Balaban J connectivity index is 2.74. The Labute approximate surface area is 115 Å². The maximum absolute atomic E-state index is 11.4. The van der Waals surface area contributed by atoms with Crippen molar-refractivity contribution in [3.05, 3.63) is 34.4 Å². The third kappa shape index (κ3) is 2.29. The quantitative estimate of drug-likeness (QED) is 0.861. The first kappa shape index (κ1) is 14.1. The fourth-order valence-corrected chi connectivity index (χ4v) is 3.15. The van der Waals surface area contributed by atoms with Gasteiger partial charge >= 0.3 is 5.97 Å². The molecule has 0 aromatic heterocycles. The Kier molecular flexibility index (Phi) is 3.24. The molecular formula is C17H24O2. The van der Waals surface area contributed by atoms with Gasteiger partial charge in [-0.15, -0.1) is 0 Å². The molecule has 2 heteroatoms. The van der Waals surface area contributed by atoms with Crippen LogP contribution in [0.1, 0.15) is 74.5 Å². The SMILES string of the molecule is CCc1cc2c(cc1C(=O)O)C(C)(C)CCC2(C)C. The van der Waals surface area contributed by atoms with Crippen LogP contribution in [0.15, 0.2) is 12.1 Å². The molecule has 1 aromatic rings. The molecule has 1 aromatic carbocycles. The van der Waals surface area contributed by atoms with Gasteiger partial charge in [0.1, 0.15) is 0 Å². The van der Waals surface area contributed by atoms with Gasteiger partial charge in [-0.05, 0) is 52.8 Å². The molecule has 0 saturated heterocycles. The van der Waals surface area contributed by atoms with E-state index < -0.39 is 5.97 Å². The molecule has 1 N–H and O–H groups in total. The highest BCUT2D eigenvalue weighted by atomic mass is 16.4. The molecule has 0 amide bonds. The summed E-state index contributed by atoms with van der Waals surface area (Å²) in [4.78, 5) is 11.4. The fraction of sp³-hybridized carbons (Fsp3) is 0.588. The summed E-state index contributed by atoms with van der Waals surface area (Å²) in [6.45, 7) is 11.0. The first-order valence-electron chi connectivity index (χ1n) is 7.10. The number of carboxylic acid groups (broad SMARTS) is 1. The normalized spacial score (nSPS) is 19.8. The number of carbonyl (C=O) groups is 1. The minimum atomic E-state index is -0.807. The zero-order chi connectivity index (χ0) is 14.4. The van der Waals surface area contributed by atoms with Crippen LogP contribution in [0.4, 0.5) is 0 Å². The van der Waals surface area contributed by atoms with Crippen LogP contribution in [-0.4, -0.2) is 11.1 Å². The maximum Gasteiger partial charge on any atom is 0.335 e. The van der Waals surface area contributed by atoms with Crippen molar-refractivity contribution in [1.29, 1.82) is 0 Å². The standard InChI is InChI=1S/C17H24O2/c1-6-11-9-13-14(10-12(11)15(18)19)17(4,5)8-7-16(13,2)3/h9-10H,6-8H2,1-5H3,(H,18,19). The van der Waals surface area contributed by atoms with E-state index in [0.717, 1.165) is 24.8 Å². The van der Waals surface area contributed by atoms with E-state index >= 15 is 0 Å². The van der Waals surface area contributed by atoms with Crippen LogP contribution < -0.4 is 0 Å². The summed E-state index contributed by atoms with van der Waals surface area (Å²) < 4.78 is 0. The number of hydrogen-bond donors (Lipinski definition) is 1. The van der Waals surface area contributed by atoms with E-state index in [1.54, 1.807) is 0 Å². The van der Waals surface area contributed by atoms with Gasteiger partial charge in [-0.1, -0.05) is 40.7 Å². The molecule has 0 atom stereocenters. The predicted molar refractivity (Wildman–Crippen MR) is 78.1 cm³/mol. The Hall–Kier alpha value is -1.31. The fourth-order valence-electron chi connectivity index (χ4n) is 3.15. The van der Waals surface area contributed by atoms with Crippen LogP contribution in [0.2, 0.25) is 0 Å². The van der Waals surface area contributed by atoms with Gasteiger partial charge in [0.2, 0.25) is 0 Å². The highest BCUT2D eigenvalue weighted by Gasteiger charge is 2.37. The Morgan fingerprint density at radius 1 is 1.11 bits per heavy atom. The van der Waals surface area contributed by atoms with Crippen molar-refractivity contribution in [3.8, 4) is 0 Å². The van der Waals surface area contributed by atoms with Crippen molar-refractivity contribution in [2.45, 2.75) is 64.7 Å². The predicted octanol–water partition coefficient (Wildman–Crippen LogP) is 4.30. The van der Waals surface area contributed by atoms with Crippen LogP contribution in [0.25, 0.3) is 0 Å². The molecule has 0 saturated carbocycles. The topological polar surface area (TPSA) is 37.3 Å². The van der Waals surface area contributed by atoms with Crippen molar-refractivity contribution in [3.63, 3.8) is 0 Å². The lowest BCUT2D eigenvalue weighted by atomic mass is 9.62. The Morgan fingerprint density at radius 2 is 1.58 bits per heavy atom. The van der Waals surface area contributed by atoms with E-state index in [2.05, 4.69) is 33.8 Å². The lowest BCUT2D eigenvalue weighted by Gasteiger charge is -2.42. The third-order valence-corrected chi connectivity index (χ3v) is 4.69. The maximum atomic E-state index is 11.4. The molecular weight excluding hydrogens is 236 g/mol. The number of rotatable bonds is 2. The summed E-state index contributed by atoms with van der Waals surface area (Å²) in [5.41, 5.74) is 4.21. The number of hydrogen-bond acceptors (Lipinski definition) is 1. The Morgan fingerprint density at radius 3 is 2.00 bits per heavy atom. The van der Waals surface area contributed by atoms with Gasteiger partial charge < -0.3 is 5.11 Å². The minimum absolute atomic E-state index is 0.0708. The lowest BCUT2D eigenvalue weighted by Crippen LogP contribution is -2.34. The summed E-state index contributed by atoms with van der Waals surface area (Å²) in [6.07, 6.45) is 3.03. The summed E-state index contributed by atoms with van der Waals surface area (Å²) in [6, 6.07) is 4.07.